The predicted molar refractivity (Wildman–Crippen MR) is 65.3 cm³/mol. The molecule has 0 aliphatic rings. The lowest BCUT2D eigenvalue weighted by Crippen LogP contribution is -2.03. The molecule has 90 valence electrons. The number of nitrogens with zero attached hydrogens (tertiary/aromatic N) is 4. The van der Waals surface area contributed by atoms with Gasteiger partial charge >= 0.3 is 0 Å². The maximum absolute atomic E-state index is 5.08. The van der Waals surface area contributed by atoms with Crippen LogP contribution in [0.4, 0.5) is 5.82 Å². The minimum atomic E-state index is 0.549. The van der Waals surface area contributed by atoms with Crippen LogP contribution in [-0.2, 0) is 6.54 Å². The molecule has 17 heavy (non-hydrogen) atoms. The van der Waals surface area contributed by atoms with Gasteiger partial charge in [0, 0.05) is 6.07 Å². The summed E-state index contributed by atoms with van der Waals surface area (Å²) in [6, 6.07) is 1.75. The summed E-state index contributed by atoms with van der Waals surface area (Å²) >= 11 is 1.56. The van der Waals surface area contributed by atoms with Gasteiger partial charge in [0.25, 0.3) is 0 Å². The van der Waals surface area contributed by atoms with Crippen LogP contribution in [0.5, 0.6) is 5.88 Å². The molecule has 0 saturated carbocycles. The zero-order chi connectivity index (χ0) is 12.3. The summed E-state index contributed by atoms with van der Waals surface area (Å²) in [5.41, 5.74) is 0. The van der Waals surface area contributed by atoms with E-state index in [1.165, 1.54) is 0 Å². The number of nitrogens with one attached hydrogen (secondary N) is 1. The van der Waals surface area contributed by atoms with Crippen molar-refractivity contribution in [2.45, 2.75) is 20.4 Å². The number of rotatable bonds is 4. The first-order valence-corrected chi connectivity index (χ1v) is 5.91. The van der Waals surface area contributed by atoms with Crippen molar-refractivity contribution in [3.63, 3.8) is 0 Å². The minimum Gasteiger partial charge on any atom is -0.481 e. The van der Waals surface area contributed by atoms with Crippen molar-refractivity contribution >= 4 is 17.2 Å². The van der Waals surface area contributed by atoms with Crippen molar-refractivity contribution in [3.8, 4) is 5.88 Å². The molecule has 0 unspecified atom stereocenters. The van der Waals surface area contributed by atoms with E-state index in [9.17, 15) is 0 Å². The highest BCUT2D eigenvalue weighted by molar-refractivity contribution is 7.11. The van der Waals surface area contributed by atoms with Crippen LogP contribution in [0.15, 0.2) is 6.07 Å². The summed E-state index contributed by atoms with van der Waals surface area (Å²) in [6.45, 7) is 4.35. The zero-order valence-corrected chi connectivity index (χ0v) is 10.7. The Balaban J connectivity index is 2.05. The Morgan fingerprint density at radius 3 is 2.76 bits per heavy atom. The van der Waals surface area contributed by atoms with Crippen molar-refractivity contribution < 1.29 is 4.74 Å². The zero-order valence-electron chi connectivity index (χ0n) is 9.89. The van der Waals surface area contributed by atoms with Gasteiger partial charge < -0.3 is 10.1 Å². The highest BCUT2D eigenvalue weighted by Gasteiger charge is 2.04. The van der Waals surface area contributed by atoms with E-state index in [-0.39, 0.29) is 0 Å². The number of hydrogen-bond donors (Lipinski definition) is 1. The molecule has 0 aliphatic heterocycles. The van der Waals surface area contributed by atoms with Crippen LogP contribution in [0, 0.1) is 13.8 Å². The highest BCUT2D eigenvalue weighted by Crippen LogP contribution is 2.14. The van der Waals surface area contributed by atoms with Gasteiger partial charge in [0.15, 0.2) is 0 Å². The third-order valence-electron chi connectivity index (χ3n) is 2.01. The molecule has 0 saturated heterocycles. The van der Waals surface area contributed by atoms with E-state index in [2.05, 4.69) is 25.5 Å². The van der Waals surface area contributed by atoms with Crippen LogP contribution in [0.2, 0.25) is 0 Å². The normalized spacial score (nSPS) is 10.3. The molecular weight excluding hydrogens is 238 g/mol. The maximum atomic E-state index is 5.08. The smallest absolute Gasteiger partial charge is 0.218 e. The second-order valence-corrected chi connectivity index (χ2v) is 4.68. The number of aryl methyl sites for hydroxylation is 2. The SMILES string of the molecule is COc1cc(NCc2nnc(C)s2)nc(C)n1. The Labute approximate surface area is 103 Å². The van der Waals surface area contributed by atoms with E-state index in [0.717, 1.165) is 15.8 Å². The molecule has 2 aromatic rings. The van der Waals surface area contributed by atoms with E-state index >= 15 is 0 Å². The van der Waals surface area contributed by atoms with Crippen LogP contribution >= 0.6 is 11.3 Å². The van der Waals surface area contributed by atoms with Crippen LogP contribution in [0.25, 0.3) is 0 Å². The summed E-state index contributed by atoms with van der Waals surface area (Å²) in [6.07, 6.45) is 0. The molecule has 0 bridgehead atoms. The van der Waals surface area contributed by atoms with Gasteiger partial charge in [-0.3, -0.25) is 0 Å². The lowest BCUT2D eigenvalue weighted by atomic mass is 10.5. The highest BCUT2D eigenvalue weighted by atomic mass is 32.1. The lowest BCUT2D eigenvalue weighted by Gasteiger charge is -2.06. The van der Waals surface area contributed by atoms with E-state index in [1.807, 2.05) is 13.8 Å². The molecule has 2 aromatic heterocycles. The Hall–Kier alpha value is -1.76. The maximum Gasteiger partial charge on any atom is 0.218 e. The molecular formula is C10H13N5OS. The molecule has 0 fully saturated rings. The molecule has 0 spiro atoms. The van der Waals surface area contributed by atoms with Gasteiger partial charge in [-0.25, -0.2) is 4.98 Å². The summed E-state index contributed by atoms with van der Waals surface area (Å²) < 4.78 is 5.08. The number of methoxy groups -OCH3 is 1. The van der Waals surface area contributed by atoms with E-state index in [4.69, 9.17) is 4.74 Å². The van der Waals surface area contributed by atoms with Crippen LogP contribution in [0.1, 0.15) is 15.8 Å². The Morgan fingerprint density at radius 1 is 1.29 bits per heavy atom. The number of aromatic nitrogens is 4. The molecule has 0 aliphatic carbocycles. The van der Waals surface area contributed by atoms with Gasteiger partial charge in [-0.05, 0) is 13.8 Å². The van der Waals surface area contributed by atoms with Crippen LogP contribution in [0.3, 0.4) is 0 Å². The van der Waals surface area contributed by atoms with Gasteiger partial charge in [-0.15, -0.1) is 10.2 Å². The molecule has 1 N–H and O–H groups in total. The Bertz CT molecular complexity index is 513. The first-order valence-electron chi connectivity index (χ1n) is 5.10. The summed E-state index contributed by atoms with van der Waals surface area (Å²) in [5.74, 6) is 1.94. The van der Waals surface area contributed by atoms with Gasteiger partial charge in [-0.1, -0.05) is 11.3 Å². The van der Waals surface area contributed by atoms with Gasteiger partial charge in [0.05, 0.1) is 13.7 Å². The minimum absolute atomic E-state index is 0.549. The van der Waals surface area contributed by atoms with Crippen molar-refractivity contribution in [1.29, 1.82) is 0 Å². The van der Waals surface area contributed by atoms with Gasteiger partial charge in [0.1, 0.15) is 21.7 Å². The predicted octanol–water partition coefficient (Wildman–Crippen LogP) is 1.57. The second-order valence-electron chi connectivity index (χ2n) is 3.41. The number of hydrogen-bond acceptors (Lipinski definition) is 7. The molecule has 0 radical (unpaired) electrons. The van der Waals surface area contributed by atoms with Crippen molar-refractivity contribution in [2.24, 2.45) is 0 Å². The standard InChI is InChI=1S/C10H13N5OS/c1-6-12-8(4-9(13-6)16-3)11-5-10-15-14-7(2)17-10/h4H,5H2,1-3H3,(H,11,12,13). The molecule has 6 nitrogen and oxygen atoms in total. The monoisotopic (exact) mass is 251 g/mol. The molecule has 2 rings (SSSR count). The average molecular weight is 251 g/mol. The fourth-order valence-corrected chi connectivity index (χ4v) is 1.96. The molecule has 0 atom stereocenters. The summed E-state index contributed by atoms with van der Waals surface area (Å²) in [7, 11) is 1.58. The number of ether oxygens (including phenoxy) is 1. The van der Waals surface area contributed by atoms with E-state index in [1.54, 1.807) is 24.5 Å². The molecule has 0 aromatic carbocycles. The third-order valence-corrected chi connectivity index (χ3v) is 2.85. The topological polar surface area (TPSA) is 72.8 Å². The van der Waals surface area contributed by atoms with Crippen molar-refractivity contribution in [3.05, 3.63) is 21.9 Å². The molecule has 7 heteroatoms. The quantitative estimate of drug-likeness (QED) is 0.889. The fraction of sp³-hybridized carbons (Fsp3) is 0.400. The summed E-state index contributed by atoms with van der Waals surface area (Å²) in [5, 5.41) is 13.0. The first kappa shape index (κ1) is 11.7. The van der Waals surface area contributed by atoms with Crippen LogP contribution in [-0.4, -0.2) is 27.3 Å². The third kappa shape index (κ3) is 3.10. The van der Waals surface area contributed by atoms with E-state index < -0.39 is 0 Å². The van der Waals surface area contributed by atoms with E-state index in [0.29, 0.717) is 18.2 Å². The largest absolute Gasteiger partial charge is 0.481 e. The van der Waals surface area contributed by atoms with Crippen molar-refractivity contribution in [2.75, 3.05) is 12.4 Å². The fourth-order valence-electron chi connectivity index (χ4n) is 1.31. The second kappa shape index (κ2) is 5.05. The van der Waals surface area contributed by atoms with Crippen LogP contribution < -0.4 is 10.1 Å². The molecule has 2 heterocycles. The van der Waals surface area contributed by atoms with Gasteiger partial charge in [-0.2, -0.15) is 4.98 Å². The Morgan fingerprint density at radius 2 is 2.12 bits per heavy atom. The lowest BCUT2D eigenvalue weighted by molar-refractivity contribution is 0.396. The van der Waals surface area contributed by atoms with Gasteiger partial charge in [0.2, 0.25) is 5.88 Å². The average Bonchev–Trinajstić information content (AvgIpc) is 2.72. The first-order chi connectivity index (χ1) is 8.17. The number of anilines is 1. The Kier molecular flexibility index (Phi) is 3.48. The molecule has 0 amide bonds. The summed E-state index contributed by atoms with van der Waals surface area (Å²) in [4.78, 5) is 8.37. The van der Waals surface area contributed by atoms with Crippen molar-refractivity contribution in [1.82, 2.24) is 20.2 Å².